The van der Waals surface area contributed by atoms with E-state index in [1.807, 2.05) is 6.92 Å². The molecule has 0 bridgehead atoms. The first-order valence-corrected chi connectivity index (χ1v) is 5.90. The number of halogens is 1. The molecule has 1 amide bonds. The molecule has 0 atom stereocenters. The zero-order chi connectivity index (χ0) is 14.0. The lowest BCUT2D eigenvalue weighted by molar-refractivity contribution is 0.0651. The van der Waals surface area contributed by atoms with Gasteiger partial charge in [-0.25, -0.2) is 9.78 Å². The van der Waals surface area contributed by atoms with Crippen molar-refractivity contribution in [3.63, 3.8) is 0 Å². The molecule has 8 heteroatoms. The minimum absolute atomic E-state index is 0.125. The van der Waals surface area contributed by atoms with Gasteiger partial charge in [0.05, 0.1) is 0 Å². The van der Waals surface area contributed by atoms with Crippen molar-refractivity contribution < 1.29 is 19.2 Å². The largest absolute Gasteiger partial charge is 0.475 e. The fourth-order valence-corrected chi connectivity index (χ4v) is 1.49. The molecule has 0 radical (unpaired) electrons. The molecule has 0 aliphatic rings. The molecule has 2 aromatic rings. The van der Waals surface area contributed by atoms with Crippen LogP contribution < -0.4 is 5.32 Å². The third-order valence-electron chi connectivity index (χ3n) is 2.24. The monoisotopic (exact) mass is 325 g/mol. The summed E-state index contributed by atoms with van der Waals surface area (Å²) in [5.41, 5.74) is 0.774. The normalized spacial score (nSPS) is 10.2. The van der Waals surface area contributed by atoms with Gasteiger partial charge in [-0.2, -0.15) is 0 Å². The number of rotatable bonds is 3. The first kappa shape index (κ1) is 13.2. The zero-order valence-electron chi connectivity index (χ0n) is 9.68. The lowest BCUT2D eigenvalue weighted by Crippen LogP contribution is -2.13. The number of carbonyl (C=O) groups is 2. The molecular formula is C11H8BrN3O4. The van der Waals surface area contributed by atoms with Gasteiger partial charge < -0.3 is 14.9 Å². The number of aromatic nitrogens is 2. The van der Waals surface area contributed by atoms with E-state index in [0.29, 0.717) is 5.82 Å². The Morgan fingerprint density at radius 1 is 1.42 bits per heavy atom. The van der Waals surface area contributed by atoms with Gasteiger partial charge in [-0.05, 0) is 34.5 Å². The molecule has 0 saturated carbocycles. The van der Waals surface area contributed by atoms with Gasteiger partial charge in [-0.3, -0.25) is 4.79 Å². The van der Waals surface area contributed by atoms with Crippen LogP contribution >= 0.6 is 15.9 Å². The molecule has 2 N–H and O–H groups in total. The van der Waals surface area contributed by atoms with Crippen molar-refractivity contribution >= 4 is 33.6 Å². The van der Waals surface area contributed by atoms with Crippen LogP contribution in [-0.2, 0) is 0 Å². The van der Waals surface area contributed by atoms with Gasteiger partial charge in [-0.15, -0.1) is 0 Å². The van der Waals surface area contributed by atoms with E-state index in [2.05, 4.69) is 35.9 Å². The molecule has 2 heterocycles. The molecule has 0 fully saturated rings. The van der Waals surface area contributed by atoms with Crippen LogP contribution in [0.4, 0.5) is 5.82 Å². The molecule has 0 aromatic carbocycles. The van der Waals surface area contributed by atoms with Crippen molar-refractivity contribution in [3.05, 3.63) is 39.8 Å². The van der Waals surface area contributed by atoms with Crippen LogP contribution in [0.25, 0.3) is 0 Å². The third kappa shape index (κ3) is 2.97. The maximum absolute atomic E-state index is 11.8. The molecule has 0 aliphatic heterocycles. The topological polar surface area (TPSA) is 105 Å². The Balaban J connectivity index is 2.15. The number of hydrogen-bond donors (Lipinski definition) is 2. The summed E-state index contributed by atoms with van der Waals surface area (Å²) in [4.78, 5) is 26.4. The molecule has 0 unspecified atom stereocenters. The van der Waals surface area contributed by atoms with E-state index in [1.165, 1.54) is 0 Å². The van der Waals surface area contributed by atoms with Gasteiger partial charge >= 0.3 is 5.97 Å². The van der Waals surface area contributed by atoms with Gasteiger partial charge in [0, 0.05) is 16.7 Å². The Kier molecular flexibility index (Phi) is 3.61. The molecule has 98 valence electrons. The quantitative estimate of drug-likeness (QED) is 0.895. The molecule has 0 aliphatic carbocycles. The average molecular weight is 326 g/mol. The lowest BCUT2D eigenvalue weighted by atomic mass is 10.3. The summed E-state index contributed by atoms with van der Waals surface area (Å²) in [6.45, 7) is 1.85. The van der Waals surface area contributed by atoms with Crippen molar-refractivity contribution in [1.82, 2.24) is 10.1 Å². The summed E-state index contributed by atoms with van der Waals surface area (Å²) in [6.07, 6.45) is 1.55. The Morgan fingerprint density at radius 3 is 2.74 bits per heavy atom. The highest BCUT2D eigenvalue weighted by atomic mass is 79.9. The second-order valence-electron chi connectivity index (χ2n) is 3.65. The summed E-state index contributed by atoms with van der Waals surface area (Å²) in [7, 11) is 0. The maximum Gasteiger partial charge on any atom is 0.374 e. The van der Waals surface area contributed by atoms with Gasteiger partial charge in [-0.1, -0.05) is 5.16 Å². The van der Waals surface area contributed by atoms with E-state index in [1.54, 1.807) is 12.3 Å². The maximum atomic E-state index is 11.8. The van der Waals surface area contributed by atoms with Crippen LogP contribution in [0.2, 0.25) is 0 Å². The summed E-state index contributed by atoms with van der Waals surface area (Å²) in [6, 6.07) is 2.71. The predicted molar refractivity (Wildman–Crippen MR) is 68.1 cm³/mol. The van der Waals surface area contributed by atoms with Crippen LogP contribution in [0.5, 0.6) is 0 Å². The Hall–Kier alpha value is -2.22. The first-order valence-electron chi connectivity index (χ1n) is 5.11. The molecule has 0 spiro atoms. The zero-order valence-corrected chi connectivity index (χ0v) is 11.3. The number of carbonyl (C=O) groups excluding carboxylic acids is 1. The van der Waals surface area contributed by atoms with E-state index in [9.17, 15) is 9.59 Å². The second kappa shape index (κ2) is 5.19. The number of anilines is 1. The molecule has 2 aromatic heterocycles. The summed E-state index contributed by atoms with van der Waals surface area (Å²) in [5, 5.41) is 14.5. The highest BCUT2D eigenvalue weighted by molar-refractivity contribution is 9.10. The average Bonchev–Trinajstić information content (AvgIpc) is 2.83. The number of pyridine rings is 1. The molecule has 7 nitrogen and oxygen atoms in total. The number of amides is 1. The molecule has 19 heavy (non-hydrogen) atoms. The Morgan fingerprint density at radius 2 is 2.16 bits per heavy atom. The van der Waals surface area contributed by atoms with Gasteiger partial charge in [0.15, 0.2) is 5.69 Å². The van der Waals surface area contributed by atoms with Crippen molar-refractivity contribution in [2.75, 3.05) is 5.32 Å². The molecule has 0 saturated heterocycles. The molecular weight excluding hydrogens is 318 g/mol. The smallest absolute Gasteiger partial charge is 0.374 e. The van der Waals surface area contributed by atoms with E-state index >= 15 is 0 Å². The highest BCUT2D eigenvalue weighted by Gasteiger charge is 2.17. The standard InChI is InChI=1S/C11H8BrN3O4/c1-5-2-9(13-4-6(5)12)14-10(16)7-3-8(11(17)18)19-15-7/h2-4H,1H3,(H,17,18)(H,13,14,16). The number of aromatic carboxylic acids is 1. The predicted octanol–water partition coefficient (Wildman–Crippen LogP) is 2.09. The number of aryl methyl sites for hydroxylation is 1. The summed E-state index contributed by atoms with van der Waals surface area (Å²) >= 11 is 3.29. The Labute approximate surface area is 115 Å². The number of nitrogens with zero attached hydrogens (tertiary/aromatic N) is 2. The van der Waals surface area contributed by atoms with Crippen LogP contribution in [0.1, 0.15) is 26.6 Å². The van der Waals surface area contributed by atoms with Gasteiger partial charge in [0.2, 0.25) is 5.76 Å². The fraction of sp³-hybridized carbons (Fsp3) is 0.0909. The van der Waals surface area contributed by atoms with Crippen molar-refractivity contribution in [3.8, 4) is 0 Å². The van der Waals surface area contributed by atoms with Crippen molar-refractivity contribution in [1.29, 1.82) is 0 Å². The molecule has 2 rings (SSSR count). The van der Waals surface area contributed by atoms with Crippen LogP contribution in [0.15, 0.2) is 27.3 Å². The summed E-state index contributed by atoms with van der Waals surface area (Å²) < 4.78 is 5.31. The third-order valence-corrected chi connectivity index (χ3v) is 3.07. The van der Waals surface area contributed by atoms with Crippen molar-refractivity contribution in [2.24, 2.45) is 0 Å². The van der Waals surface area contributed by atoms with Crippen molar-refractivity contribution in [2.45, 2.75) is 6.92 Å². The van der Waals surface area contributed by atoms with E-state index in [0.717, 1.165) is 16.1 Å². The minimum Gasteiger partial charge on any atom is -0.475 e. The van der Waals surface area contributed by atoms with Gasteiger partial charge in [0.1, 0.15) is 5.82 Å². The number of carboxylic acid groups (broad SMARTS) is 1. The lowest BCUT2D eigenvalue weighted by Gasteiger charge is -2.03. The van der Waals surface area contributed by atoms with E-state index in [-0.39, 0.29) is 5.69 Å². The highest BCUT2D eigenvalue weighted by Crippen LogP contribution is 2.17. The fourth-order valence-electron chi connectivity index (χ4n) is 1.27. The van der Waals surface area contributed by atoms with Crippen LogP contribution in [-0.4, -0.2) is 27.1 Å². The number of hydrogen-bond acceptors (Lipinski definition) is 5. The van der Waals surface area contributed by atoms with Crippen LogP contribution in [0, 0.1) is 6.92 Å². The van der Waals surface area contributed by atoms with E-state index in [4.69, 9.17) is 5.11 Å². The van der Waals surface area contributed by atoms with Gasteiger partial charge in [0.25, 0.3) is 5.91 Å². The first-order chi connectivity index (χ1) is 8.97. The summed E-state index contributed by atoms with van der Waals surface area (Å²) in [5.74, 6) is -1.94. The number of carboxylic acids is 1. The van der Waals surface area contributed by atoms with Crippen LogP contribution in [0.3, 0.4) is 0 Å². The minimum atomic E-state index is -1.29. The SMILES string of the molecule is Cc1cc(NC(=O)c2cc(C(=O)O)on2)ncc1Br. The number of nitrogens with one attached hydrogen (secondary N) is 1. The second-order valence-corrected chi connectivity index (χ2v) is 4.51. The van der Waals surface area contributed by atoms with E-state index < -0.39 is 17.6 Å². The Bertz CT molecular complexity index is 653.